The van der Waals surface area contributed by atoms with Crippen LogP contribution >= 0.6 is 0 Å². The van der Waals surface area contributed by atoms with Crippen molar-refractivity contribution in [2.75, 3.05) is 27.2 Å². The van der Waals surface area contributed by atoms with Crippen LogP contribution in [0.3, 0.4) is 0 Å². The number of methoxy groups -OCH3 is 1. The summed E-state index contributed by atoms with van der Waals surface area (Å²) in [4.78, 5) is 18.8. The molecule has 26 heavy (non-hydrogen) atoms. The van der Waals surface area contributed by atoms with Crippen LogP contribution < -0.4 is 10.6 Å². The smallest absolute Gasteiger partial charge is 0.242 e. The van der Waals surface area contributed by atoms with Crippen molar-refractivity contribution in [3.63, 3.8) is 0 Å². The van der Waals surface area contributed by atoms with Crippen LogP contribution in [0.2, 0.25) is 0 Å². The molecule has 6 heteroatoms. The minimum absolute atomic E-state index is 0.0486. The normalized spacial score (nSPS) is 24.5. The Bertz CT molecular complexity index is 686. The summed E-state index contributed by atoms with van der Waals surface area (Å²) in [6.45, 7) is 6.09. The molecule has 0 spiro atoms. The predicted molar refractivity (Wildman–Crippen MR) is 103 cm³/mol. The number of rotatable bonds is 4. The Balaban J connectivity index is 1.49. The summed E-state index contributed by atoms with van der Waals surface area (Å²) >= 11 is 0. The van der Waals surface area contributed by atoms with Crippen molar-refractivity contribution in [1.82, 2.24) is 15.5 Å². The van der Waals surface area contributed by atoms with Gasteiger partial charge in [-0.3, -0.25) is 9.79 Å². The van der Waals surface area contributed by atoms with Gasteiger partial charge in [0, 0.05) is 38.7 Å². The van der Waals surface area contributed by atoms with Crippen molar-refractivity contribution in [3.05, 3.63) is 35.4 Å². The van der Waals surface area contributed by atoms with Gasteiger partial charge in [-0.25, -0.2) is 0 Å². The van der Waals surface area contributed by atoms with Gasteiger partial charge in [-0.15, -0.1) is 0 Å². The Morgan fingerprint density at radius 1 is 1.35 bits per heavy atom. The molecular weight excluding hydrogens is 328 g/mol. The second kappa shape index (κ2) is 7.66. The van der Waals surface area contributed by atoms with Gasteiger partial charge in [-0.2, -0.15) is 0 Å². The Hall–Kier alpha value is -2.08. The van der Waals surface area contributed by atoms with Crippen molar-refractivity contribution in [2.24, 2.45) is 10.4 Å². The van der Waals surface area contributed by atoms with E-state index in [9.17, 15) is 4.79 Å². The van der Waals surface area contributed by atoms with E-state index >= 15 is 0 Å². The average molecular weight is 358 g/mol. The number of nitrogens with one attached hydrogen (secondary N) is 2. The molecule has 2 unspecified atom stereocenters. The number of aliphatic imine (C=N–C) groups is 1. The number of fused-ring (bicyclic) bond motifs is 1. The lowest BCUT2D eigenvalue weighted by Gasteiger charge is -2.51. The molecule has 0 bridgehead atoms. The van der Waals surface area contributed by atoms with Crippen LogP contribution in [-0.2, 0) is 22.5 Å². The molecule has 0 aromatic heterocycles. The first-order valence-corrected chi connectivity index (χ1v) is 9.30. The van der Waals surface area contributed by atoms with Crippen molar-refractivity contribution in [3.8, 4) is 0 Å². The number of hydrogen-bond acceptors (Lipinski definition) is 3. The quantitative estimate of drug-likeness (QED) is 0.633. The highest BCUT2D eigenvalue weighted by atomic mass is 16.5. The van der Waals surface area contributed by atoms with E-state index in [1.54, 1.807) is 14.2 Å². The van der Waals surface area contributed by atoms with Gasteiger partial charge in [0.2, 0.25) is 5.91 Å². The maximum absolute atomic E-state index is 12.6. The molecule has 0 saturated heterocycles. The largest absolute Gasteiger partial charge is 0.381 e. The molecule has 2 atom stereocenters. The highest BCUT2D eigenvalue weighted by Gasteiger charge is 2.48. The third kappa shape index (κ3) is 3.70. The summed E-state index contributed by atoms with van der Waals surface area (Å²) in [5.41, 5.74) is 2.64. The number of carbonyl (C=O) groups is 1. The molecule has 142 valence electrons. The first kappa shape index (κ1) is 18.7. The van der Waals surface area contributed by atoms with Gasteiger partial charge in [0.05, 0.1) is 12.6 Å². The fourth-order valence-corrected chi connectivity index (χ4v) is 3.87. The van der Waals surface area contributed by atoms with Crippen molar-refractivity contribution in [1.29, 1.82) is 0 Å². The molecule has 1 aromatic carbocycles. The van der Waals surface area contributed by atoms with Gasteiger partial charge < -0.3 is 20.3 Å². The molecule has 2 N–H and O–H groups in total. The minimum Gasteiger partial charge on any atom is -0.381 e. The number of ether oxygens (including phenoxy) is 1. The zero-order valence-electron chi connectivity index (χ0n) is 16.2. The Morgan fingerprint density at radius 3 is 2.73 bits per heavy atom. The van der Waals surface area contributed by atoms with E-state index in [2.05, 4.69) is 47.7 Å². The highest BCUT2D eigenvalue weighted by molar-refractivity contribution is 5.86. The minimum atomic E-state index is 0.0486. The van der Waals surface area contributed by atoms with E-state index in [1.807, 2.05) is 11.0 Å². The van der Waals surface area contributed by atoms with Gasteiger partial charge in [-0.05, 0) is 24.0 Å². The molecule has 6 nitrogen and oxygen atoms in total. The van der Waals surface area contributed by atoms with Crippen molar-refractivity contribution in [2.45, 2.75) is 45.4 Å². The summed E-state index contributed by atoms with van der Waals surface area (Å²) in [5, 5.41) is 6.59. The fourth-order valence-electron chi connectivity index (χ4n) is 3.87. The Kier molecular flexibility index (Phi) is 5.51. The van der Waals surface area contributed by atoms with Crippen LogP contribution in [0.25, 0.3) is 0 Å². The van der Waals surface area contributed by atoms with Crippen LogP contribution in [0.15, 0.2) is 29.3 Å². The van der Waals surface area contributed by atoms with Gasteiger partial charge >= 0.3 is 0 Å². The molecule has 1 aliphatic heterocycles. The third-order valence-corrected chi connectivity index (χ3v) is 5.89. The Labute approximate surface area is 156 Å². The molecule has 1 fully saturated rings. The molecule has 1 amide bonds. The summed E-state index contributed by atoms with van der Waals surface area (Å²) in [5.74, 6) is 0.772. The molecule has 2 aliphatic rings. The molecule has 1 saturated carbocycles. The third-order valence-electron chi connectivity index (χ3n) is 5.89. The number of benzene rings is 1. The zero-order valence-corrected chi connectivity index (χ0v) is 16.2. The molecule has 1 aromatic rings. The van der Waals surface area contributed by atoms with Crippen molar-refractivity contribution < 1.29 is 9.53 Å². The maximum Gasteiger partial charge on any atom is 0.242 e. The molecule has 1 aliphatic carbocycles. The number of guanidine groups is 1. The number of hydrogen-bond donors (Lipinski definition) is 2. The number of nitrogens with zero attached hydrogens (tertiary/aromatic N) is 2. The SMILES string of the molecule is CN=C(NCC(=O)N1CCc2ccccc2C1)NC1CC(OC)C1(C)C. The maximum atomic E-state index is 12.6. The second-order valence-corrected chi connectivity index (χ2v) is 7.74. The first-order valence-electron chi connectivity index (χ1n) is 9.30. The highest BCUT2D eigenvalue weighted by Crippen LogP contribution is 2.42. The van der Waals surface area contributed by atoms with Crippen LogP contribution in [0.1, 0.15) is 31.4 Å². The monoisotopic (exact) mass is 358 g/mol. The zero-order chi connectivity index (χ0) is 18.7. The second-order valence-electron chi connectivity index (χ2n) is 7.74. The standard InChI is InChI=1S/C20H30N4O2/c1-20(2)16(11-17(20)26-4)23-19(21-3)22-12-18(25)24-10-9-14-7-5-6-8-15(14)13-24/h5-8,16-17H,9-13H2,1-4H3,(H2,21,22,23). The van der Waals surface area contributed by atoms with E-state index in [1.165, 1.54) is 11.1 Å². The van der Waals surface area contributed by atoms with E-state index < -0.39 is 0 Å². The predicted octanol–water partition coefficient (Wildman–Crippen LogP) is 1.55. The van der Waals surface area contributed by atoms with E-state index in [0.717, 1.165) is 19.4 Å². The molecule has 1 heterocycles. The Morgan fingerprint density at radius 2 is 2.08 bits per heavy atom. The fraction of sp³-hybridized carbons (Fsp3) is 0.600. The van der Waals surface area contributed by atoms with Crippen molar-refractivity contribution >= 4 is 11.9 Å². The first-order chi connectivity index (χ1) is 12.5. The summed E-state index contributed by atoms with van der Waals surface area (Å²) in [6.07, 6.45) is 2.12. The van der Waals surface area contributed by atoms with Gasteiger partial charge in [0.15, 0.2) is 5.96 Å². The van der Waals surface area contributed by atoms with Crippen LogP contribution in [-0.4, -0.2) is 56.2 Å². The van der Waals surface area contributed by atoms with E-state index in [-0.39, 0.29) is 30.0 Å². The summed E-state index contributed by atoms with van der Waals surface area (Å²) in [6, 6.07) is 8.63. The topological polar surface area (TPSA) is 66.0 Å². The van der Waals surface area contributed by atoms with Gasteiger partial charge in [0.1, 0.15) is 0 Å². The number of amides is 1. The summed E-state index contributed by atoms with van der Waals surface area (Å²) < 4.78 is 5.49. The lowest BCUT2D eigenvalue weighted by Crippen LogP contribution is -2.63. The van der Waals surface area contributed by atoms with Crippen LogP contribution in [0, 0.1) is 5.41 Å². The lowest BCUT2D eigenvalue weighted by atomic mass is 9.64. The van der Waals surface area contributed by atoms with Crippen LogP contribution in [0.5, 0.6) is 0 Å². The average Bonchev–Trinajstić information content (AvgIpc) is 2.66. The summed E-state index contributed by atoms with van der Waals surface area (Å²) in [7, 11) is 3.49. The van der Waals surface area contributed by atoms with Gasteiger partial charge in [0.25, 0.3) is 0 Å². The van der Waals surface area contributed by atoms with E-state index in [0.29, 0.717) is 12.5 Å². The number of carbonyl (C=O) groups excluding carboxylic acids is 1. The molecular formula is C20H30N4O2. The van der Waals surface area contributed by atoms with E-state index in [4.69, 9.17) is 4.74 Å². The van der Waals surface area contributed by atoms with Gasteiger partial charge in [-0.1, -0.05) is 38.1 Å². The molecule has 0 radical (unpaired) electrons. The van der Waals surface area contributed by atoms with Crippen LogP contribution in [0.4, 0.5) is 0 Å². The molecule has 3 rings (SSSR count). The lowest BCUT2D eigenvalue weighted by molar-refractivity contribution is -0.130.